The Hall–Kier alpha value is -2.02. The molecule has 1 rings (SSSR count). The number of nitrogens with zero attached hydrogens (tertiary/aromatic N) is 2. The fourth-order valence-corrected chi connectivity index (χ4v) is 1.91. The molecule has 0 saturated carbocycles. The zero-order valence-electron chi connectivity index (χ0n) is 9.93. The molecule has 0 heterocycles. The number of hydrogen-bond donors (Lipinski definition) is 0. The molecule has 0 aliphatic rings. The van der Waals surface area contributed by atoms with Crippen molar-refractivity contribution >= 4 is 12.2 Å². The first kappa shape index (κ1) is 13.0. The predicted octanol–water partition coefficient (Wildman–Crippen LogP) is 2.27. The van der Waals surface area contributed by atoms with Gasteiger partial charge in [-0.05, 0) is 30.0 Å². The summed E-state index contributed by atoms with van der Waals surface area (Å²) in [6.07, 6.45) is 3.85. The fraction of sp³-hybridized carbons (Fsp3) is 0.385. The van der Waals surface area contributed by atoms with E-state index in [0.29, 0.717) is 0 Å². The van der Waals surface area contributed by atoms with Gasteiger partial charge in [0.15, 0.2) is 0 Å². The van der Waals surface area contributed by atoms with Gasteiger partial charge in [-0.25, -0.2) is 14.6 Å². The highest BCUT2D eigenvalue weighted by atomic mass is 16.1. The van der Waals surface area contributed by atoms with E-state index in [1.54, 1.807) is 0 Å². The Bertz CT molecular complexity index is 484. The van der Waals surface area contributed by atoms with Gasteiger partial charge in [-0.3, -0.25) is 0 Å². The molecule has 0 radical (unpaired) electrons. The van der Waals surface area contributed by atoms with E-state index in [2.05, 4.69) is 9.98 Å². The van der Waals surface area contributed by atoms with Gasteiger partial charge in [0.1, 0.15) is 6.04 Å². The lowest BCUT2D eigenvalue weighted by molar-refractivity contribution is 0.552. The van der Waals surface area contributed by atoms with Gasteiger partial charge in [-0.15, -0.1) is 0 Å². The molecule has 0 fully saturated rings. The summed E-state index contributed by atoms with van der Waals surface area (Å²) in [4.78, 5) is 27.8. The summed E-state index contributed by atoms with van der Waals surface area (Å²) in [6, 6.07) is 5.46. The van der Waals surface area contributed by atoms with Crippen LogP contribution in [0.2, 0.25) is 0 Å². The maximum absolute atomic E-state index is 10.4. The van der Waals surface area contributed by atoms with Crippen molar-refractivity contribution in [2.75, 3.05) is 6.54 Å². The third kappa shape index (κ3) is 3.22. The van der Waals surface area contributed by atoms with E-state index >= 15 is 0 Å². The summed E-state index contributed by atoms with van der Waals surface area (Å²) in [5.41, 5.74) is 3.10. The van der Waals surface area contributed by atoms with Gasteiger partial charge in [0.2, 0.25) is 12.2 Å². The first-order chi connectivity index (χ1) is 8.24. The van der Waals surface area contributed by atoms with Crippen molar-refractivity contribution in [3.63, 3.8) is 0 Å². The maximum atomic E-state index is 10.4. The highest BCUT2D eigenvalue weighted by Gasteiger charge is 2.15. The van der Waals surface area contributed by atoms with Crippen LogP contribution in [-0.4, -0.2) is 18.7 Å². The average molecular weight is 230 g/mol. The molecule has 17 heavy (non-hydrogen) atoms. The SMILES string of the molecule is CCc1cccc(C)c1C(CN=C=O)N=C=O. The van der Waals surface area contributed by atoms with Crippen molar-refractivity contribution in [1.82, 2.24) is 0 Å². The normalized spacial score (nSPS) is 11.2. The number of hydrogen-bond acceptors (Lipinski definition) is 4. The minimum absolute atomic E-state index is 0.136. The Labute approximate surface area is 100 Å². The maximum Gasteiger partial charge on any atom is 0.235 e. The van der Waals surface area contributed by atoms with Crippen LogP contribution in [0, 0.1) is 6.92 Å². The highest BCUT2D eigenvalue weighted by Crippen LogP contribution is 2.25. The van der Waals surface area contributed by atoms with E-state index in [-0.39, 0.29) is 6.54 Å². The van der Waals surface area contributed by atoms with Gasteiger partial charge in [-0.1, -0.05) is 25.1 Å². The molecule has 0 amide bonds. The summed E-state index contributed by atoms with van der Waals surface area (Å²) in [5, 5.41) is 0. The molecule has 1 aromatic carbocycles. The van der Waals surface area contributed by atoms with Gasteiger partial charge >= 0.3 is 0 Å². The smallest absolute Gasteiger partial charge is 0.211 e. The molecule has 4 nitrogen and oxygen atoms in total. The van der Waals surface area contributed by atoms with Crippen molar-refractivity contribution < 1.29 is 9.59 Å². The molecule has 0 aliphatic carbocycles. The molecule has 0 aromatic heterocycles. The van der Waals surface area contributed by atoms with Crippen molar-refractivity contribution in [2.45, 2.75) is 26.3 Å². The summed E-state index contributed by atoms with van der Waals surface area (Å²) in [5.74, 6) is 0. The van der Waals surface area contributed by atoms with Gasteiger partial charge in [0, 0.05) is 0 Å². The zero-order chi connectivity index (χ0) is 12.7. The Balaban J connectivity index is 3.25. The second-order valence-electron chi connectivity index (χ2n) is 3.67. The van der Waals surface area contributed by atoms with Crippen LogP contribution < -0.4 is 0 Å². The van der Waals surface area contributed by atoms with Crippen LogP contribution in [0.5, 0.6) is 0 Å². The number of rotatable bonds is 5. The third-order valence-corrected chi connectivity index (χ3v) is 2.67. The highest BCUT2D eigenvalue weighted by molar-refractivity contribution is 5.42. The van der Waals surface area contributed by atoms with E-state index in [4.69, 9.17) is 0 Å². The Kier molecular flexibility index (Phi) is 5.02. The van der Waals surface area contributed by atoms with Crippen molar-refractivity contribution in [1.29, 1.82) is 0 Å². The van der Waals surface area contributed by atoms with Gasteiger partial charge in [0.05, 0.1) is 6.54 Å². The summed E-state index contributed by atoms with van der Waals surface area (Å²) in [7, 11) is 0. The molecular weight excluding hydrogens is 216 g/mol. The first-order valence-electron chi connectivity index (χ1n) is 5.43. The number of carbonyl (C=O) groups excluding carboxylic acids is 2. The van der Waals surface area contributed by atoms with Gasteiger partial charge < -0.3 is 0 Å². The molecule has 88 valence electrons. The molecule has 0 spiro atoms. The average Bonchev–Trinajstić information content (AvgIpc) is 2.34. The van der Waals surface area contributed by atoms with Gasteiger partial charge in [0.25, 0.3) is 0 Å². The first-order valence-corrected chi connectivity index (χ1v) is 5.43. The molecule has 0 N–H and O–H groups in total. The lowest BCUT2D eigenvalue weighted by Gasteiger charge is -2.15. The van der Waals surface area contributed by atoms with Crippen LogP contribution in [0.1, 0.15) is 29.7 Å². The minimum Gasteiger partial charge on any atom is -0.211 e. The third-order valence-electron chi connectivity index (χ3n) is 2.67. The molecule has 4 heteroatoms. The van der Waals surface area contributed by atoms with Crippen LogP contribution in [0.25, 0.3) is 0 Å². The molecule has 1 atom stereocenters. The topological polar surface area (TPSA) is 58.9 Å². The van der Waals surface area contributed by atoms with Gasteiger partial charge in [-0.2, -0.15) is 4.99 Å². The van der Waals surface area contributed by atoms with Crippen molar-refractivity contribution in [2.24, 2.45) is 9.98 Å². The van der Waals surface area contributed by atoms with E-state index in [1.165, 1.54) is 12.2 Å². The Morgan fingerprint density at radius 3 is 2.65 bits per heavy atom. The number of benzene rings is 1. The second-order valence-corrected chi connectivity index (χ2v) is 3.67. The zero-order valence-corrected chi connectivity index (χ0v) is 9.93. The Morgan fingerprint density at radius 1 is 1.29 bits per heavy atom. The lowest BCUT2D eigenvalue weighted by Crippen LogP contribution is -2.06. The molecular formula is C13H14N2O2. The van der Waals surface area contributed by atoms with E-state index < -0.39 is 6.04 Å². The summed E-state index contributed by atoms with van der Waals surface area (Å²) < 4.78 is 0. The standard InChI is InChI=1S/C13H14N2O2/c1-3-11-6-4-5-10(2)13(11)12(15-9-17)7-14-8-16/h4-6,12H,3,7H2,1-2H3. The summed E-state index contributed by atoms with van der Waals surface area (Å²) in [6.45, 7) is 4.12. The number of isocyanates is 2. The Morgan fingerprint density at radius 2 is 2.06 bits per heavy atom. The minimum atomic E-state index is -0.440. The van der Waals surface area contributed by atoms with Crippen LogP contribution in [-0.2, 0) is 16.0 Å². The molecule has 0 aliphatic heterocycles. The van der Waals surface area contributed by atoms with E-state index in [1.807, 2.05) is 32.0 Å². The second kappa shape index (κ2) is 6.54. The molecule has 0 saturated heterocycles. The number of aliphatic imine (C=N–C) groups is 2. The van der Waals surface area contributed by atoms with E-state index in [0.717, 1.165) is 23.1 Å². The molecule has 0 bridgehead atoms. The quantitative estimate of drug-likeness (QED) is 0.575. The molecule has 1 unspecified atom stereocenters. The van der Waals surface area contributed by atoms with Crippen LogP contribution in [0.15, 0.2) is 28.2 Å². The largest absolute Gasteiger partial charge is 0.235 e. The lowest BCUT2D eigenvalue weighted by atomic mass is 9.94. The van der Waals surface area contributed by atoms with Crippen LogP contribution in [0.3, 0.4) is 0 Å². The monoisotopic (exact) mass is 230 g/mol. The van der Waals surface area contributed by atoms with Crippen LogP contribution >= 0.6 is 0 Å². The van der Waals surface area contributed by atoms with E-state index in [9.17, 15) is 9.59 Å². The predicted molar refractivity (Wildman–Crippen MR) is 64.4 cm³/mol. The fourth-order valence-electron chi connectivity index (χ4n) is 1.91. The summed E-state index contributed by atoms with van der Waals surface area (Å²) >= 11 is 0. The van der Waals surface area contributed by atoms with Crippen molar-refractivity contribution in [3.8, 4) is 0 Å². The van der Waals surface area contributed by atoms with Crippen molar-refractivity contribution in [3.05, 3.63) is 34.9 Å². The van der Waals surface area contributed by atoms with Crippen LogP contribution in [0.4, 0.5) is 0 Å². The number of aryl methyl sites for hydroxylation is 2. The molecule has 1 aromatic rings.